The zero-order chi connectivity index (χ0) is 11.4. The molecule has 0 radical (unpaired) electrons. The molecule has 16 heavy (non-hydrogen) atoms. The third-order valence-electron chi connectivity index (χ3n) is 2.89. The van der Waals surface area contributed by atoms with E-state index in [0.29, 0.717) is 17.4 Å². The van der Waals surface area contributed by atoms with Crippen molar-refractivity contribution in [3.8, 4) is 0 Å². The zero-order valence-electron chi connectivity index (χ0n) is 9.04. The highest BCUT2D eigenvalue weighted by atomic mass is 35.5. The van der Waals surface area contributed by atoms with E-state index in [2.05, 4.69) is 15.3 Å². The second kappa shape index (κ2) is 5.25. The molecule has 1 aromatic rings. The van der Waals surface area contributed by atoms with Crippen molar-refractivity contribution in [2.75, 3.05) is 5.32 Å². The number of nitrogens with one attached hydrogen (secondary N) is 2. The largest absolute Gasteiger partial charge is 0.367 e. The Morgan fingerprint density at radius 1 is 1.38 bits per heavy atom. The number of aromatic nitrogens is 2. The molecule has 2 N–H and O–H groups in total. The Labute approximate surface area is 100.0 Å². The molecule has 1 fully saturated rings. The molecule has 0 aliphatic heterocycles. The van der Waals surface area contributed by atoms with Crippen LogP contribution in [0.25, 0.3) is 0 Å². The Kier molecular flexibility index (Phi) is 3.72. The summed E-state index contributed by atoms with van der Waals surface area (Å²) in [6, 6.07) is 0.457. The molecule has 0 unspecified atom stereocenters. The number of hydrogen-bond donors (Lipinski definition) is 2. The highest BCUT2D eigenvalue weighted by Gasteiger charge is 2.15. The molecule has 86 valence electrons. The van der Waals surface area contributed by atoms with E-state index in [1.165, 1.54) is 38.3 Å². The quantitative estimate of drug-likeness (QED) is 0.629. The molecule has 0 spiro atoms. The molecule has 0 amide bonds. The summed E-state index contributed by atoms with van der Waals surface area (Å²) in [4.78, 5) is 8.00. The van der Waals surface area contributed by atoms with Gasteiger partial charge in [-0.1, -0.05) is 19.3 Å². The van der Waals surface area contributed by atoms with Gasteiger partial charge in [-0.15, -0.1) is 0 Å². The molecular formula is C11H15ClN4. The second-order valence-corrected chi connectivity index (χ2v) is 4.40. The summed E-state index contributed by atoms with van der Waals surface area (Å²) in [6.07, 6.45) is 9.00. The average molecular weight is 239 g/mol. The lowest BCUT2D eigenvalue weighted by atomic mass is 9.95. The Bertz CT molecular complexity index is 374. The van der Waals surface area contributed by atoms with Crippen molar-refractivity contribution in [3.63, 3.8) is 0 Å². The van der Waals surface area contributed by atoms with E-state index >= 15 is 0 Å². The van der Waals surface area contributed by atoms with Crippen molar-refractivity contribution in [2.24, 2.45) is 0 Å². The molecule has 0 bridgehead atoms. The minimum Gasteiger partial charge on any atom is -0.367 e. The van der Waals surface area contributed by atoms with Gasteiger partial charge >= 0.3 is 0 Å². The highest BCUT2D eigenvalue weighted by molar-refractivity contribution is 6.28. The van der Waals surface area contributed by atoms with Gasteiger partial charge in [-0.3, -0.25) is 0 Å². The van der Waals surface area contributed by atoms with E-state index in [4.69, 9.17) is 17.0 Å². The first-order valence-corrected chi connectivity index (χ1v) is 5.97. The van der Waals surface area contributed by atoms with Crippen LogP contribution in [0.5, 0.6) is 0 Å². The lowest BCUT2D eigenvalue weighted by Gasteiger charge is -2.23. The van der Waals surface area contributed by atoms with Gasteiger partial charge in [-0.25, -0.2) is 9.97 Å². The molecule has 1 saturated carbocycles. The fraction of sp³-hybridized carbons (Fsp3) is 0.545. The third-order valence-corrected chi connectivity index (χ3v) is 3.07. The van der Waals surface area contributed by atoms with Crippen LogP contribution in [0, 0.1) is 5.41 Å². The first kappa shape index (κ1) is 11.3. The molecule has 2 rings (SSSR count). The molecule has 1 heterocycles. The number of rotatable bonds is 3. The van der Waals surface area contributed by atoms with E-state index in [0.717, 1.165) is 0 Å². The summed E-state index contributed by atoms with van der Waals surface area (Å²) in [5.74, 6) is 0.682. The molecule has 1 aromatic heterocycles. The van der Waals surface area contributed by atoms with Crippen molar-refractivity contribution < 1.29 is 0 Å². The number of halogens is 1. The fourth-order valence-corrected chi connectivity index (χ4v) is 2.16. The van der Waals surface area contributed by atoms with Crippen LogP contribution < -0.4 is 5.32 Å². The molecule has 0 aromatic carbocycles. The first-order valence-electron chi connectivity index (χ1n) is 5.59. The smallest absolute Gasteiger partial charge is 0.224 e. The Morgan fingerprint density at radius 3 is 2.81 bits per heavy atom. The van der Waals surface area contributed by atoms with Crippen LogP contribution in [0.4, 0.5) is 5.82 Å². The Hall–Kier alpha value is -1.16. The van der Waals surface area contributed by atoms with Crippen LogP contribution in [0.1, 0.15) is 37.7 Å². The maximum Gasteiger partial charge on any atom is 0.224 e. The monoisotopic (exact) mass is 238 g/mol. The lowest BCUT2D eigenvalue weighted by molar-refractivity contribution is 0.462. The van der Waals surface area contributed by atoms with Gasteiger partial charge in [0.05, 0.1) is 5.56 Å². The maximum absolute atomic E-state index is 7.28. The van der Waals surface area contributed by atoms with Crippen molar-refractivity contribution in [1.82, 2.24) is 9.97 Å². The summed E-state index contributed by atoms with van der Waals surface area (Å²) < 4.78 is 0. The van der Waals surface area contributed by atoms with Crippen LogP contribution in [0.2, 0.25) is 5.28 Å². The van der Waals surface area contributed by atoms with Gasteiger partial charge in [0.25, 0.3) is 0 Å². The van der Waals surface area contributed by atoms with E-state index in [9.17, 15) is 0 Å². The zero-order valence-corrected chi connectivity index (χ0v) is 9.80. The van der Waals surface area contributed by atoms with Crippen LogP contribution in [0.3, 0.4) is 0 Å². The highest BCUT2D eigenvalue weighted by Crippen LogP contribution is 2.22. The van der Waals surface area contributed by atoms with E-state index in [-0.39, 0.29) is 5.28 Å². The van der Waals surface area contributed by atoms with E-state index in [1.807, 2.05) is 0 Å². The molecule has 1 aliphatic carbocycles. The minimum atomic E-state index is 0.226. The van der Waals surface area contributed by atoms with Crippen LogP contribution in [-0.2, 0) is 0 Å². The third kappa shape index (κ3) is 2.70. The van der Waals surface area contributed by atoms with Gasteiger partial charge in [0.2, 0.25) is 5.28 Å². The molecule has 5 heteroatoms. The number of hydrogen-bond acceptors (Lipinski definition) is 4. The van der Waals surface area contributed by atoms with Gasteiger partial charge in [-0.05, 0) is 24.4 Å². The van der Waals surface area contributed by atoms with Gasteiger partial charge in [0.15, 0.2) is 0 Å². The summed E-state index contributed by atoms with van der Waals surface area (Å²) in [5.41, 5.74) is 0.690. The summed E-state index contributed by atoms with van der Waals surface area (Å²) >= 11 is 5.75. The van der Waals surface area contributed by atoms with Crippen molar-refractivity contribution >= 4 is 23.6 Å². The van der Waals surface area contributed by atoms with Crippen molar-refractivity contribution in [1.29, 1.82) is 5.41 Å². The molecule has 0 atom stereocenters. The van der Waals surface area contributed by atoms with Gasteiger partial charge in [-0.2, -0.15) is 0 Å². The van der Waals surface area contributed by atoms with Gasteiger partial charge < -0.3 is 10.7 Å². The SMILES string of the molecule is N=Cc1cnc(Cl)nc1NC1CCCCC1. The Morgan fingerprint density at radius 2 is 2.12 bits per heavy atom. The average Bonchev–Trinajstić information content (AvgIpc) is 2.31. The van der Waals surface area contributed by atoms with Crippen LogP contribution in [0.15, 0.2) is 6.20 Å². The van der Waals surface area contributed by atoms with Crippen molar-refractivity contribution in [3.05, 3.63) is 17.0 Å². The summed E-state index contributed by atoms with van der Waals surface area (Å²) in [7, 11) is 0. The normalized spacial score (nSPS) is 17.1. The molecule has 1 aliphatic rings. The van der Waals surface area contributed by atoms with E-state index < -0.39 is 0 Å². The number of anilines is 1. The molecule has 4 nitrogen and oxygen atoms in total. The van der Waals surface area contributed by atoms with Crippen molar-refractivity contribution in [2.45, 2.75) is 38.1 Å². The molecular weight excluding hydrogens is 224 g/mol. The fourth-order valence-electron chi connectivity index (χ4n) is 2.03. The first-order chi connectivity index (χ1) is 7.79. The van der Waals surface area contributed by atoms with Crippen LogP contribution in [-0.4, -0.2) is 22.2 Å². The van der Waals surface area contributed by atoms with Crippen LogP contribution >= 0.6 is 11.6 Å². The Balaban J connectivity index is 2.12. The van der Waals surface area contributed by atoms with Gasteiger partial charge in [0.1, 0.15) is 5.82 Å². The summed E-state index contributed by atoms with van der Waals surface area (Å²) in [5, 5.41) is 10.9. The lowest BCUT2D eigenvalue weighted by Crippen LogP contribution is -2.23. The second-order valence-electron chi connectivity index (χ2n) is 4.07. The van der Waals surface area contributed by atoms with Gasteiger partial charge in [0, 0.05) is 18.5 Å². The summed E-state index contributed by atoms with van der Waals surface area (Å²) in [6.45, 7) is 0. The predicted octanol–water partition coefficient (Wildman–Crippen LogP) is 2.87. The topological polar surface area (TPSA) is 61.7 Å². The van der Waals surface area contributed by atoms with E-state index in [1.54, 1.807) is 6.20 Å². The predicted molar refractivity (Wildman–Crippen MR) is 65.4 cm³/mol. The molecule has 0 saturated heterocycles. The maximum atomic E-state index is 7.28. The number of nitrogens with zero attached hydrogens (tertiary/aromatic N) is 2. The standard InChI is InChI=1S/C11H15ClN4/c12-11-14-7-8(6-13)10(16-11)15-9-4-2-1-3-5-9/h6-7,9,13H,1-5H2,(H,14,15,16). The minimum absolute atomic E-state index is 0.226.